The summed E-state index contributed by atoms with van der Waals surface area (Å²) in [4.78, 5) is 4.19. The van der Waals surface area contributed by atoms with Crippen LogP contribution in [0.2, 0.25) is 0 Å². The van der Waals surface area contributed by atoms with E-state index in [1.807, 2.05) is 6.07 Å². The maximum absolute atomic E-state index is 9.75. The lowest BCUT2D eigenvalue weighted by Gasteiger charge is -2.05. The van der Waals surface area contributed by atoms with Crippen LogP contribution in [0.1, 0.15) is 0 Å². The van der Waals surface area contributed by atoms with Crippen molar-refractivity contribution in [1.29, 1.82) is 0 Å². The molecule has 0 saturated heterocycles. The fourth-order valence-corrected chi connectivity index (χ4v) is 1.70. The monoisotopic (exact) mass is 219 g/mol. The number of rotatable bonds is 1. The Labute approximate surface area is 91.2 Å². The molecule has 0 aliphatic carbocycles. The maximum Gasteiger partial charge on any atom is 0.361 e. The molecule has 16 heavy (non-hydrogen) atoms. The van der Waals surface area contributed by atoms with Crippen LogP contribution in [-0.4, -0.2) is 23.7 Å². The normalized spacial score (nSPS) is 17.9. The van der Waals surface area contributed by atoms with Crippen LogP contribution in [-0.2, 0) is 4.74 Å². The summed E-state index contributed by atoms with van der Waals surface area (Å²) >= 11 is 0. The van der Waals surface area contributed by atoms with E-state index in [2.05, 4.69) is 4.98 Å². The average Bonchev–Trinajstić information content (AvgIpc) is 2.74. The third kappa shape index (κ3) is 1.18. The van der Waals surface area contributed by atoms with E-state index in [-0.39, 0.29) is 11.5 Å². The van der Waals surface area contributed by atoms with Gasteiger partial charge >= 0.3 is 6.48 Å². The molecule has 1 aromatic carbocycles. The summed E-state index contributed by atoms with van der Waals surface area (Å²) in [7, 11) is 1.46. The molecule has 5 nitrogen and oxygen atoms in total. The van der Waals surface area contributed by atoms with Crippen molar-refractivity contribution in [2.45, 2.75) is 6.48 Å². The lowest BCUT2D eigenvalue weighted by atomic mass is 10.2. The van der Waals surface area contributed by atoms with Gasteiger partial charge in [0.15, 0.2) is 11.5 Å². The molecule has 1 aliphatic heterocycles. The highest BCUT2D eigenvalue weighted by atomic mass is 16.9. The van der Waals surface area contributed by atoms with Gasteiger partial charge < -0.3 is 19.3 Å². The third-order valence-electron chi connectivity index (χ3n) is 2.41. The Hall–Kier alpha value is -2.01. The molecule has 0 bridgehead atoms. The molecule has 1 aromatic heterocycles. The van der Waals surface area contributed by atoms with Gasteiger partial charge in [0.25, 0.3) is 0 Å². The minimum atomic E-state index is -0.825. The summed E-state index contributed by atoms with van der Waals surface area (Å²) in [6.07, 6.45) is 1.66. The Bertz CT molecular complexity index is 555. The van der Waals surface area contributed by atoms with E-state index in [1.54, 1.807) is 18.3 Å². The van der Waals surface area contributed by atoms with Gasteiger partial charge in [-0.25, -0.2) is 0 Å². The predicted molar refractivity (Wildman–Crippen MR) is 55.5 cm³/mol. The van der Waals surface area contributed by atoms with E-state index in [4.69, 9.17) is 14.2 Å². The Morgan fingerprint density at radius 3 is 3.00 bits per heavy atom. The highest BCUT2D eigenvalue weighted by Crippen LogP contribution is 2.46. The second-order valence-electron chi connectivity index (χ2n) is 3.39. The smallest absolute Gasteiger partial charge is 0.361 e. The number of ether oxygens (including phenoxy) is 3. The van der Waals surface area contributed by atoms with Gasteiger partial charge in [-0.05, 0) is 12.1 Å². The zero-order chi connectivity index (χ0) is 11.1. The highest BCUT2D eigenvalue weighted by Gasteiger charge is 2.29. The number of benzene rings is 1. The zero-order valence-corrected chi connectivity index (χ0v) is 8.51. The van der Waals surface area contributed by atoms with Crippen molar-refractivity contribution >= 4 is 10.9 Å². The van der Waals surface area contributed by atoms with Gasteiger partial charge in [0.1, 0.15) is 5.52 Å². The van der Waals surface area contributed by atoms with E-state index in [1.165, 1.54) is 7.11 Å². The third-order valence-corrected chi connectivity index (χ3v) is 2.41. The average molecular weight is 219 g/mol. The number of hydrogen-bond acceptors (Lipinski definition) is 5. The van der Waals surface area contributed by atoms with Gasteiger partial charge in [-0.2, -0.15) is 0 Å². The molecular weight excluding hydrogens is 210 g/mol. The molecule has 1 unspecified atom stereocenters. The van der Waals surface area contributed by atoms with Gasteiger partial charge in [-0.1, -0.05) is 6.07 Å². The molecule has 2 heterocycles. The van der Waals surface area contributed by atoms with E-state index < -0.39 is 6.48 Å². The topological polar surface area (TPSA) is 60.8 Å². The first-order chi connectivity index (χ1) is 7.79. The van der Waals surface area contributed by atoms with Crippen molar-refractivity contribution < 1.29 is 19.3 Å². The number of pyridine rings is 1. The number of nitrogens with zero attached hydrogens (tertiary/aromatic N) is 1. The van der Waals surface area contributed by atoms with E-state index in [0.717, 1.165) is 5.39 Å². The number of aromatic hydroxyl groups is 1. The predicted octanol–water partition coefficient (Wildman–Crippen LogP) is 1.64. The number of phenolic OH excluding ortho intramolecular Hbond substituents is 1. The van der Waals surface area contributed by atoms with E-state index in [9.17, 15) is 5.11 Å². The summed E-state index contributed by atoms with van der Waals surface area (Å²) in [5.41, 5.74) is 0.648. The van der Waals surface area contributed by atoms with Crippen LogP contribution in [0.4, 0.5) is 0 Å². The van der Waals surface area contributed by atoms with Crippen molar-refractivity contribution in [3.63, 3.8) is 0 Å². The van der Waals surface area contributed by atoms with Crippen LogP contribution in [0.5, 0.6) is 17.2 Å². The van der Waals surface area contributed by atoms with E-state index in [0.29, 0.717) is 11.3 Å². The minimum Gasteiger partial charge on any atom is -0.504 e. The summed E-state index contributed by atoms with van der Waals surface area (Å²) in [5, 5.41) is 10.5. The van der Waals surface area contributed by atoms with Crippen molar-refractivity contribution in [2.24, 2.45) is 0 Å². The molecule has 0 saturated carbocycles. The van der Waals surface area contributed by atoms with Crippen LogP contribution < -0.4 is 9.47 Å². The summed E-state index contributed by atoms with van der Waals surface area (Å²) in [5.74, 6) is 0.718. The van der Waals surface area contributed by atoms with Gasteiger partial charge in [-0.15, -0.1) is 0 Å². The van der Waals surface area contributed by atoms with Crippen molar-refractivity contribution in [3.8, 4) is 17.2 Å². The first kappa shape index (κ1) is 9.23. The molecule has 0 radical (unpaired) electrons. The molecule has 3 rings (SSSR count). The van der Waals surface area contributed by atoms with Gasteiger partial charge in [0, 0.05) is 18.7 Å². The minimum absolute atomic E-state index is 0.0232. The number of hydrogen-bond donors (Lipinski definition) is 1. The fraction of sp³-hybridized carbons (Fsp3) is 0.182. The maximum atomic E-state index is 9.75. The van der Waals surface area contributed by atoms with Gasteiger partial charge in [0.2, 0.25) is 5.75 Å². The van der Waals surface area contributed by atoms with Crippen LogP contribution >= 0.6 is 0 Å². The highest BCUT2D eigenvalue weighted by molar-refractivity contribution is 5.89. The molecular formula is C11H9NO4. The Kier molecular flexibility index (Phi) is 1.87. The number of methoxy groups -OCH3 is 1. The van der Waals surface area contributed by atoms with Crippen molar-refractivity contribution in [3.05, 3.63) is 24.4 Å². The van der Waals surface area contributed by atoms with Gasteiger partial charge in [0.05, 0.1) is 0 Å². The second kappa shape index (κ2) is 3.24. The van der Waals surface area contributed by atoms with Crippen molar-refractivity contribution in [1.82, 2.24) is 4.98 Å². The quantitative estimate of drug-likeness (QED) is 0.790. The lowest BCUT2D eigenvalue weighted by molar-refractivity contribution is -0.157. The van der Waals surface area contributed by atoms with Crippen molar-refractivity contribution in [2.75, 3.05) is 7.11 Å². The first-order valence-corrected chi connectivity index (χ1v) is 4.76. The molecule has 0 fully saturated rings. The second-order valence-corrected chi connectivity index (χ2v) is 3.39. The summed E-state index contributed by atoms with van der Waals surface area (Å²) in [6.45, 7) is -0.825. The number of aromatic nitrogens is 1. The zero-order valence-electron chi connectivity index (χ0n) is 8.51. The van der Waals surface area contributed by atoms with E-state index >= 15 is 0 Å². The Balaban J connectivity index is 2.27. The molecule has 2 aromatic rings. The molecule has 1 atom stereocenters. The number of fused-ring (bicyclic) bond motifs is 3. The molecule has 1 aliphatic rings. The fourth-order valence-electron chi connectivity index (χ4n) is 1.70. The molecule has 5 heteroatoms. The number of phenols is 1. The summed E-state index contributed by atoms with van der Waals surface area (Å²) in [6, 6.07) is 5.21. The molecule has 0 amide bonds. The molecule has 82 valence electrons. The van der Waals surface area contributed by atoms with Crippen LogP contribution in [0.15, 0.2) is 24.4 Å². The molecule has 0 spiro atoms. The van der Waals surface area contributed by atoms with Crippen LogP contribution in [0, 0.1) is 0 Å². The largest absolute Gasteiger partial charge is 0.504 e. The standard InChI is InChI=1S/C11H9NO4/c1-14-11-15-9-7(13)5-6-3-2-4-12-8(6)10(9)16-11/h2-5,11,13H,1H3. The van der Waals surface area contributed by atoms with Gasteiger partial charge in [-0.3, -0.25) is 4.98 Å². The SMILES string of the molecule is COC1Oc2c(O)cc3cccnc3c2O1. The molecule has 1 N–H and O–H groups in total. The van der Waals surface area contributed by atoms with Crippen LogP contribution in [0.25, 0.3) is 10.9 Å². The lowest BCUT2D eigenvalue weighted by Crippen LogP contribution is -2.19. The van der Waals surface area contributed by atoms with Crippen LogP contribution in [0.3, 0.4) is 0 Å². The first-order valence-electron chi connectivity index (χ1n) is 4.76. The Morgan fingerprint density at radius 1 is 1.38 bits per heavy atom. The summed E-state index contributed by atoms with van der Waals surface area (Å²) < 4.78 is 15.6. The Morgan fingerprint density at radius 2 is 2.19 bits per heavy atom.